The molecule has 0 aromatic rings. The van der Waals surface area contributed by atoms with Gasteiger partial charge in [0.15, 0.2) is 0 Å². The summed E-state index contributed by atoms with van der Waals surface area (Å²) in [7, 11) is 5.92. The molecule has 5 aliphatic rings. The number of likely N-dealkylation sites (tertiary alicyclic amines) is 1. The number of methoxy groups -OCH3 is 2. The molecule has 5 fully saturated rings. The molecule has 0 amide bonds. The van der Waals surface area contributed by atoms with Crippen molar-refractivity contribution in [2.75, 3.05) is 34.6 Å². The Balaban J connectivity index is 1.41. The third-order valence-electron chi connectivity index (χ3n) is 8.81. The van der Waals surface area contributed by atoms with E-state index in [1.807, 2.05) is 7.11 Å². The number of quaternary nitrogens is 1. The van der Waals surface area contributed by atoms with Gasteiger partial charge in [-0.1, -0.05) is 0 Å². The molecule has 2 saturated heterocycles. The predicted molar refractivity (Wildman–Crippen MR) is 98.3 cm³/mol. The van der Waals surface area contributed by atoms with E-state index in [1.165, 1.54) is 12.8 Å². The summed E-state index contributed by atoms with van der Waals surface area (Å²) >= 11 is 0. The lowest BCUT2D eigenvalue weighted by atomic mass is 9.54. The minimum atomic E-state index is -0.272. The highest BCUT2D eigenvalue weighted by atomic mass is 16.7. The van der Waals surface area contributed by atoms with Crippen LogP contribution in [-0.2, 0) is 18.9 Å². The number of rotatable bonds is 2. The van der Waals surface area contributed by atoms with Crippen molar-refractivity contribution in [3.8, 4) is 0 Å². The van der Waals surface area contributed by atoms with Gasteiger partial charge in [0.2, 0.25) is 0 Å². The summed E-state index contributed by atoms with van der Waals surface area (Å²) in [5.74, 6) is 2.75. The van der Waals surface area contributed by atoms with E-state index in [2.05, 4.69) is 7.05 Å². The summed E-state index contributed by atoms with van der Waals surface area (Å²) in [5, 5.41) is 11.1. The van der Waals surface area contributed by atoms with Crippen LogP contribution in [0.1, 0.15) is 32.1 Å². The normalized spacial score (nSPS) is 57.3. The fraction of sp³-hybridized carbons (Fsp3) is 1.00. The topological polar surface area (TPSA) is 61.6 Å². The van der Waals surface area contributed by atoms with E-state index in [-0.39, 0.29) is 24.4 Å². The maximum atomic E-state index is 11.1. The van der Waals surface area contributed by atoms with E-state index in [9.17, 15) is 5.11 Å². The van der Waals surface area contributed by atoms with Crippen LogP contribution in [0, 0.1) is 29.6 Å². The summed E-state index contributed by atoms with van der Waals surface area (Å²) in [6, 6.07) is 0.626. The minimum Gasteiger partial charge on any atom is -0.393 e. The van der Waals surface area contributed by atoms with Gasteiger partial charge in [0.1, 0.15) is 6.79 Å². The summed E-state index contributed by atoms with van der Waals surface area (Å²) in [6.07, 6.45) is 5.94. The number of aliphatic hydroxyl groups is 1. The second kappa shape index (κ2) is 7.22. The first-order valence-corrected chi connectivity index (χ1v) is 10.9. The number of fused-ring (bicyclic) bond motifs is 6. The third-order valence-corrected chi connectivity index (χ3v) is 8.81. The summed E-state index contributed by atoms with van der Waals surface area (Å²) in [4.78, 5) is 1.62. The average Bonchev–Trinajstić information content (AvgIpc) is 3.12. The fourth-order valence-corrected chi connectivity index (χ4v) is 7.87. The van der Waals surface area contributed by atoms with Crippen molar-refractivity contribution in [2.45, 2.75) is 68.7 Å². The maximum absolute atomic E-state index is 11.1. The molecular weight excluding hydrogens is 346 g/mol. The molecule has 0 radical (unpaired) electrons. The van der Waals surface area contributed by atoms with Crippen LogP contribution in [0.15, 0.2) is 0 Å². The van der Waals surface area contributed by atoms with E-state index < -0.39 is 0 Å². The van der Waals surface area contributed by atoms with Crippen LogP contribution in [0.5, 0.6) is 0 Å². The molecule has 6 heteroatoms. The van der Waals surface area contributed by atoms with E-state index >= 15 is 0 Å². The van der Waals surface area contributed by atoms with Crippen molar-refractivity contribution in [1.29, 1.82) is 0 Å². The molecule has 12 atom stereocenters. The fourth-order valence-electron chi connectivity index (χ4n) is 7.87. The standard InChI is InChI=1S/C21H35NO5/c1-22-9-14-19(15(23)8-18(24-2)21(14)25-3)12-5-4-11-6-16-17(27-10-26-16)7-13(11)20(12)22/h11-21,23H,4-10H2,1-3H3/p+1. The third kappa shape index (κ3) is 2.90. The zero-order valence-corrected chi connectivity index (χ0v) is 16.9. The molecule has 154 valence electrons. The van der Waals surface area contributed by atoms with Gasteiger partial charge >= 0.3 is 0 Å². The number of aliphatic hydroxyl groups excluding tert-OH is 1. The minimum absolute atomic E-state index is 0.00594. The Labute approximate surface area is 162 Å². The second-order valence-corrected chi connectivity index (χ2v) is 9.76. The van der Waals surface area contributed by atoms with Crippen LogP contribution in [0.2, 0.25) is 0 Å². The average molecular weight is 383 g/mol. The van der Waals surface area contributed by atoms with Gasteiger partial charge in [0.25, 0.3) is 0 Å². The van der Waals surface area contributed by atoms with Gasteiger partial charge < -0.3 is 29.0 Å². The quantitative estimate of drug-likeness (QED) is 0.709. The Morgan fingerprint density at radius 3 is 2.44 bits per heavy atom. The number of hydrogen-bond donors (Lipinski definition) is 2. The van der Waals surface area contributed by atoms with Gasteiger partial charge in [-0.25, -0.2) is 0 Å². The highest BCUT2D eigenvalue weighted by Gasteiger charge is 2.60. The molecule has 0 bridgehead atoms. The first-order chi connectivity index (χ1) is 13.1. The number of ether oxygens (including phenoxy) is 4. The van der Waals surface area contributed by atoms with Crippen molar-refractivity contribution < 1.29 is 29.0 Å². The predicted octanol–water partition coefficient (Wildman–Crippen LogP) is 0.0880. The van der Waals surface area contributed by atoms with Crippen LogP contribution in [0.4, 0.5) is 0 Å². The molecule has 0 aromatic carbocycles. The molecule has 12 unspecified atom stereocenters. The molecule has 2 N–H and O–H groups in total. The lowest BCUT2D eigenvalue weighted by molar-refractivity contribution is -0.929. The van der Waals surface area contributed by atoms with Gasteiger partial charge in [-0.3, -0.25) is 0 Å². The van der Waals surface area contributed by atoms with Gasteiger partial charge in [-0.15, -0.1) is 0 Å². The zero-order chi connectivity index (χ0) is 18.7. The molecule has 0 spiro atoms. The first kappa shape index (κ1) is 18.8. The smallest absolute Gasteiger partial charge is 0.147 e. The molecule has 2 aliphatic heterocycles. The van der Waals surface area contributed by atoms with Crippen LogP contribution < -0.4 is 4.90 Å². The maximum Gasteiger partial charge on any atom is 0.147 e. The number of piperidine rings is 1. The van der Waals surface area contributed by atoms with Crippen LogP contribution >= 0.6 is 0 Å². The molecule has 27 heavy (non-hydrogen) atoms. The van der Waals surface area contributed by atoms with Gasteiger partial charge in [-0.05, 0) is 31.6 Å². The Morgan fingerprint density at radius 2 is 1.70 bits per heavy atom. The molecule has 0 aromatic heterocycles. The van der Waals surface area contributed by atoms with Crippen molar-refractivity contribution in [3.05, 3.63) is 0 Å². The van der Waals surface area contributed by atoms with Crippen molar-refractivity contribution in [1.82, 2.24) is 0 Å². The van der Waals surface area contributed by atoms with Gasteiger partial charge in [-0.2, -0.15) is 0 Å². The number of nitrogens with one attached hydrogen (secondary N) is 1. The highest BCUT2D eigenvalue weighted by Crippen LogP contribution is 2.51. The lowest BCUT2D eigenvalue weighted by Crippen LogP contribution is -3.18. The molecule has 6 nitrogen and oxygen atoms in total. The Hall–Kier alpha value is -0.240. The van der Waals surface area contributed by atoms with E-state index in [0.29, 0.717) is 49.0 Å². The van der Waals surface area contributed by atoms with E-state index in [1.54, 1.807) is 12.0 Å². The first-order valence-electron chi connectivity index (χ1n) is 10.9. The second-order valence-electron chi connectivity index (χ2n) is 9.76. The summed E-state index contributed by atoms with van der Waals surface area (Å²) in [6.45, 7) is 1.54. The SMILES string of the molecule is COC1CC(O)C2C(C[NH+](C)C3C4CC5OCOC5CC4CCC23)C1OC. The number of hydrogen-bond acceptors (Lipinski definition) is 5. The van der Waals surface area contributed by atoms with Gasteiger partial charge in [0.05, 0.1) is 50.2 Å². The van der Waals surface area contributed by atoms with Crippen molar-refractivity contribution >= 4 is 0 Å². The van der Waals surface area contributed by atoms with Crippen LogP contribution in [-0.4, -0.2) is 76.3 Å². The van der Waals surface area contributed by atoms with E-state index in [4.69, 9.17) is 18.9 Å². The van der Waals surface area contributed by atoms with Crippen LogP contribution in [0.25, 0.3) is 0 Å². The molecule has 3 aliphatic carbocycles. The van der Waals surface area contributed by atoms with Crippen molar-refractivity contribution in [3.63, 3.8) is 0 Å². The summed E-state index contributed by atoms with van der Waals surface area (Å²) < 4.78 is 23.3. The van der Waals surface area contributed by atoms with Crippen LogP contribution in [0.3, 0.4) is 0 Å². The lowest BCUT2D eigenvalue weighted by Gasteiger charge is -2.58. The summed E-state index contributed by atoms with van der Waals surface area (Å²) in [5.41, 5.74) is 0. The molecule has 5 rings (SSSR count). The molecule has 2 heterocycles. The Bertz CT molecular complexity index is 547. The largest absolute Gasteiger partial charge is 0.393 e. The molecule has 3 saturated carbocycles. The molecular formula is C21H36NO5+. The highest BCUT2D eigenvalue weighted by molar-refractivity contribution is 5.05. The monoisotopic (exact) mass is 382 g/mol. The Kier molecular flexibility index (Phi) is 5.02. The Morgan fingerprint density at radius 1 is 0.926 bits per heavy atom. The zero-order valence-electron chi connectivity index (χ0n) is 16.9. The van der Waals surface area contributed by atoms with Crippen molar-refractivity contribution in [2.24, 2.45) is 29.6 Å². The van der Waals surface area contributed by atoms with E-state index in [0.717, 1.165) is 25.3 Å². The van der Waals surface area contributed by atoms with Gasteiger partial charge in [0, 0.05) is 44.3 Å².